The van der Waals surface area contributed by atoms with Crippen LogP contribution >= 0.6 is 0 Å². The number of primary amides is 1. The second-order valence-corrected chi connectivity index (χ2v) is 4.20. The lowest BCUT2D eigenvalue weighted by Gasteiger charge is -2.26. The van der Waals surface area contributed by atoms with E-state index in [9.17, 15) is 10.0 Å². The molecular formula is C12H16N2O2. The number of nitrogens with two attached hydrogens (primary N) is 1. The van der Waals surface area contributed by atoms with Gasteiger partial charge in [-0.05, 0) is 18.4 Å². The topological polar surface area (TPSA) is 66.6 Å². The van der Waals surface area contributed by atoms with E-state index < -0.39 is 6.03 Å². The highest BCUT2D eigenvalue weighted by molar-refractivity contribution is 5.71. The Morgan fingerprint density at radius 2 is 2.00 bits per heavy atom. The Labute approximate surface area is 94.6 Å². The standard InChI is InChI=1S/C12H16N2O2/c13-12(15)14(16)11-8-4-7-10(11)9-5-2-1-3-6-9/h1-3,5-6,10-11,16H,4,7-8H2,(H2,13,15)/t10-,11+/m0/s1. The maximum absolute atomic E-state index is 11.0. The lowest BCUT2D eigenvalue weighted by atomic mass is 9.94. The summed E-state index contributed by atoms with van der Waals surface area (Å²) in [5.41, 5.74) is 6.25. The molecule has 4 nitrogen and oxygen atoms in total. The Hall–Kier alpha value is -1.55. The highest BCUT2D eigenvalue weighted by Crippen LogP contribution is 2.36. The van der Waals surface area contributed by atoms with Gasteiger partial charge in [-0.2, -0.15) is 0 Å². The van der Waals surface area contributed by atoms with E-state index in [1.165, 1.54) is 0 Å². The quantitative estimate of drug-likeness (QED) is 0.592. The fraction of sp³-hybridized carbons (Fsp3) is 0.417. The van der Waals surface area contributed by atoms with Crippen LogP contribution in [-0.4, -0.2) is 22.3 Å². The van der Waals surface area contributed by atoms with Crippen LogP contribution in [0.3, 0.4) is 0 Å². The van der Waals surface area contributed by atoms with Crippen molar-refractivity contribution in [2.75, 3.05) is 0 Å². The van der Waals surface area contributed by atoms with Crippen LogP contribution < -0.4 is 5.73 Å². The Morgan fingerprint density at radius 1 is 1.31 bits per heavy atom. The Bertz CT molecular complexity index is 367. The molecule has 86 valence electrons. The van der Waals surface area contributed by atoms with Crippen molar-refractivity contribution in [3.63, 3.8) is 0 Å². The van der Waals surface area contributed by atoms with Gasteiger partial charge in [0.15, 0.2) is 0 Å². The fourth-order valence-electron chi connectivity index (χ4n) is 2.49. The van der Waals surface area contributed by atoms with Crippen LogP contribution in [0.15, 0.2) is 30.3 Å². The zero-order valence-corrected chi connectivity index (χ0v) is 9.04. The highest BCUT2D eigenvalue weighted by Gasteiger charge is 2.34. The number of hydrogen-bond acceptors (Lipinski definition) is 2. The van der Waals surface area contributed by atoms with Crippen molar-refractivity contribution in [2.24, 2.45) is 5.73 Å². The first kappa shape index (κ1) is 11.0. The summed E-state index contributed by atoms with van der Waals surface area (Å²) in [5.74, 6) is 0.193. The predicted octanol–water partition coefficient (Wildman–Crippen LogP) is 2.09. The van der Waals surface area contributed by atoms with Crippen molar-refractivity contribution in [1.29, 1.82) is 0 Å². The minimum Gasteiger partial charge on any atom is -0.350 e. The van der Waals surface area contributed by atoms with Crippen molar-refractivity contribution >= 4 is 6.03 Å². The minimum absolute atomic E-state index is 0.181. The molecule has 1 aromatic rings. The Kier molecular flexibility index (Phi) is 3.10. The van der Waals surface area contributed by atoms with Crippen molar-refractivity contribution < 1.29 is 10.0 Å². The van der Waals surface area contributed by atoms with Crippen molar-refractivity contribution in [1.82, 2.24) is 5.06 Å². The molecule has 1 aliphatic rings. The molecule has 0 saturated heterocycles. The van der Waals surface area contributed by atoms with E-state index in [1.807, 2.05) is 30.3 Å². The lowest BCUT2D eigenvalue weighted by molar-refractivity contribution is -0.0773. The molecule has 2 amide bonds. The number of carbonyl (C=O) groups is 1. The van der Waals surface area contributed by atoms with Gasteiger partial charge in [-0.3, -0.25) is 5.21 Å². The Morgan fingerprint density at radius 3 is 2.62 bits per heavy atom. The van der Waals surface area contributed by atoms with E-state index in [-0.39, 0.29) is 12.0 Å². The third-order valence-corrected chi connectivity index (χ3v) is 3.25. The molecule has 0 spiro atoms. The molecule has 0 unspecified atom stereocenters. The number of rotatable bonds is 2. The number of hydrogen-bond donors (Lipinski definition) is 2. The van der Waals surface area contributed by atoms with Gasteiger partial charge >= 0.3 is 6.03 Å². The van der Waals surface area contributed by atoms with Gasteiger partial charge in [-0.1, -0.05) is 36.8 Å². The van der Waals surface area contributed by atoms with Gasteiger partial charge in [0.1, 0.15) is 0 Å². The van der Waals surface area contributed by atoms with Crippen molar-refractivity contribution in [3.05, 3.63) is 35.9 Å². The minimum atomic E-state index is -0.771. The zero-order chi connectivity index (χ0) is 11.5. The van der Waals surface area contributed by atoms with E-state index >= 15 is 0 Å². The molecule has 3 N–H and O–H groups in total. The molecule has 1 saturated carbocycles. The second-order valence-electron chi connectivity index (χ2n) is 4.20. The summed E-state index contributed by atoms with van der Waals surface area (Å²) < 4.78 is 0. The van der Waals surface area contributed by atoms with Gasteiger partial charge in [0.2, 0.25) is 0 Å². The summed E-state index contributed by atoms with van der Waals surface area (Å²) in [4.78, 5) is 11.0. The highest BCUT2D eigenvalue weighted by atomic mass is 16.5. The molecule has 16 heavy (non-hydrogen) atoms. The number of urea groups is 1. The van der Waals surface area contributed by atoms with Crippen LogP contribution in [0.4, 0.5) is 4.79 Å². The molecule has 0 aromatic heterocycles. The van der Waals surface area contributed by atoms with Crippen LogP contribution in [0.1, 0.15) is 30.7 Å². The normalized spacial score (nSPS) is 24.3. The number of hydroxylamine groups is 2. The van der Waals surface area contributed by atoms with Crippen LogP contribution in [0.25, 0.3) is 0 Å². The molecule has 0 radical (unpaired) electrons. The number of amides is 2. The maximum atomic E-state index is 11.0. The summed E-state index contributed by atoms with van der Waals surface area (Å²) in [7, 11) is 0. The van der Waals surface area contributed by atoms with Gasteiger partial charge in [0.05, 0.1) is 6.04 Å². The average molecular weight is 220 g/mol. The monoisotopic (exact) mass is 220 g/mol. The fourth-order valence-corrected chi connectivity index (χ4v) is 2.49. The summed E-state index contributed by atoms with van der Waals surface area (Å²) in [6, 6.07) is 8.99. The van der Waals surface area contributed by atoms with E-state index in [4.69, 9.17) is 5.73 Å². The summed E-state index contributed by atoms with van der Waals surface area (Å²) in [5, 5.41) is 10.3. The van der Waals surface area contributed by atoms with E-state index in [0.29, 0.717) is 5.06 Å². The third kappa shape index (κ3) is 2.02. The largest absolute Gasteiger partial charge is 0.350 e. The molecule has 2 atom stereocenters. The first-order valence-electron chi connectivity index (χ1n) is 5.52. The van der Waals surface area contributed by atoms with Gasteiger partial charge in [0.25, 0.3) is 0 Å². The second kappa shape index (κ2) is 4.53. The summed E-state index contributed by atoms with van der Waals surface area (Å²) >= 11 is 0. The SMILES string of the molecule is NC(=O)N(O)[C@@H]1CCC[C@H]1c1ccccc1. The number of benzene rings is 1. The average Bonchev–Trinajstić information content (AvgIpc) is 2.77. The van der Waals surface area contributed by atoms with Gasteiger partial charge < -0.3 is 5.73 Å². The molecule has 4 heteroatoms. The molecule has 0 bridgehead atoms. The Balaban J connectivity index is 2.18. The van der Waals surface area contributed by atoms with Crippen molar-refractivity contribution in [3.8, 4) is 0 Å². The van der Waals surface area contributed by atoms with E-state index in [0.717, 1.165) is 24.8 Å². The van der Waals surface area contributed by atoms with Crippen LogP contribution in [0.2, 0.25) is 0 Å². The molecular weight excluding hydrogens is 204 g/mol. The first-order valence-corrected chi connectivity index (χ1v) is 5.52. The van der Waals surface area contributed by atoms with Gasteiger partial charge in [0, 0.05) is 5.92 Å². The summed E-state index contributed by atoms with van der Waals surface area (Å²) in [6.07, 6.45) is 2.80. The molecule has 0 aliphatic heterocycles. The van der Waals surface area contributed by atoms with Gasteiger partial charge in [-0.25, -0.2) is 9.86 Å². The van der Waals surface area contributed by atoms with Crippen LogP contribution in [-0.2, 0) is 0 Å². The molecule has 1 fully saturated rings. The van der Waals surface area contributed by atoms with Crippen LogP contribution in [0, 0.1) is 0 Å². The lowest BCUT2D eigenvalue weighted by Crippen LogP contribution is -2.42. The third-order valence-electron chi connectivity index (χ3n) is 3.25. The molecule has 1 aliphatic carbocycles. The van der Waals surface area contributed by atoms with Gasteiger partial charge in [-0.15, -0.1) is 0 Å². The van der Waals surface area contributed by atoms with E-state index in [2.05, 4.69) is 0 Å². The number of nitrogens with zero attached hydrogens (tertiary/aromatic N) is 1. The molecule has 0 heterocycles. The number of carbonyl (C=O) groups excluding carboxylic acids is 1. The molecule has 1 aromatic carbocycles. The maximum Gasteiger partial charge on any atom is 0.338 e. The summed E-state index contributed by atoms with van der Waals surface area (Å²) in [6.45, 7) is 0. The zero-order valence-electron chi connectivity index (χ0n) is 9.04. The predicted molar refractivity (Wildman–Crippen MR) is 60.0 cm³/mol. The first-order chi connectivity index (χ1) is 7.70. The van der Waals surface area contributed by atoms with Crippen molar-refractivity contribution in [2.45, 2.75) is 31.2 Å². The van der Waals surface area contributed by atoms with E-state index in [1.54, 1.807) is 0 Å². The molecule has 2 rings (SSSR count). The van der Waals surface area contributed by atoms with Crippen LogP contribution in [0.5, 0.6) is 0 Å². The smallest absolute Gasteiger partial charge is 0.338 e.